The van der Waals surface area contributed by atoms with Crippen molar-refractivity contribution in [3.05, 3.63) is 231 Å². The van der Waals surface area contributed by atoms with E-state index >= 15 is 0 Å². The van der Waals surface area contributed by atoms with E-state index in [1.807, 2.05) is 0 Å². The monoisotopic (exact) mass is 795 g/mol. The normalized spacial score (nSPS) is 15.5. The Kier molecular flexibility index (Phi) is 7.38. The molecule has 3 aliphatic carbocycles. The fourth-order valence-corrected chi connectivity index (χ4v) is 11.3. The van der Waals surface area contributed by atoms with Crippen LogP contribution in [0.4, 0.5) is 17.1 Å². The molecule has 2 heteroatoms. The topological polar surface area (TPSA) is 3.24 Å². The van der Waals surface area contributed by atoms with Crippen LogP contribution in [-0.4, -0.2) is 0 Å². The quantitative estimate of drug-likeness (QED) is 0.168. The van der Waals surface area contributed by atoms with Crippen molar-refractivity contribution in [1.82, 2.24) is 0 Å². The van der Waals surface area contributed by atoms with Crippen LogP contribution in [0, 0.1) is 0 Å². The number of hydrogen-bond donors (Lipinski definition) is 0. The zero-order valence-corrected chi connectivity index (χ0v) is 34.2. The largest absolute Gasteiger partial charge is 0.310 e. The molecule has 57 heavy (non-hydrogen) atoms. The van der Waals surface area contributed by atoms with Crippen molar-refractivity contribution in [1.29, 1.82) is 0 Å². The molecule has 0 radical (unpaired) electrons. The molecule has 3 aliphatic rings. The molecule has 0 atom stereocenters. The van der Waals surface area contributed by atoms with E-state index < -0.39 is 5.41 Å². The van der Waals surface area contributed by atoms with Crippen molar-refractivity contribution < 1.29 is 0 Å². The Bertz CT molecular complexity index is 2800. The van der Waals surface area contributed by atoms with Crippen molar-refractivity contribution in [2.24, 2.45) is 0 Å². The summed E-state index contributed by atoms with van der Waals surface area (Å²) in [6.45, 7) is 9.49. The van der Waals surface area contributed by atoms with Gasteiger partial charge in [0.2, 0.25) is 0 Å². The minimum Gasteiger partial charge on any atom is -0.310 e. The van der Waals surface area contributed by atoms with Gasteiger partial charge in [-0.25, -0.2) is 0 Å². The van der Waals surface area contributed by atoms with Gasteiger partial charge in [0.05, 0.1) is 5.41 Å². The maximum atomic E-state index is 4.06. The number of hydrogen-bond acceptors (Lipinski definition) is 1. The van der Waals surface area contributed by atoms with Crippen LogP contribution >= 0.6 is 15.9 Å². The molecule has 0 unspecified atom stereocenters. The number of benzene rings is 8. The van der Waals surface area contributed by atoms with Crippen LogP contribution in [0.3, 0.4) is 0 Å². The van der Waals surface area contributed by atoms with Gasteiger partial charge in [0, 0.05) is 32.4 Å². The first-order valence-corrected chi connectivity index (χ1v) is 20.8. The van der Waals surface area contributed by atoms with Gasteiger partial charge in [-0.1, -0.05) is 183 Å². The molecular weight excluding hydrogens is 755 g/mol. The summed E-state index contributed by atoms with van der Waals surface area (Å²) in [4.78, 5) is 2.50. The van der Waals surface area contributed by atoms with Gasteiger partial charge >= 0.3 is 0 Å². The lowest BCUT2D eigenvalue weighted by molar-refractivity contribution is 0.660. The molecule has 0 amide bonds. The maximum Gasteiger partial charge on any atom is 0.0725 e. The molecule has 0 saturated carbocycles. The zero-order chi connectivity index (χ0) is 38.7. The SMILES string of the molecule is CC1(C)c2ccccc2-c2ccc(N(c3cccc(C4(c5ccccc5Br)c5ccccc5-c5ccccc54)c3)c3ccc4c(c3)C(C)(C)c3ccccc3-4)cc21. The van der Waals surface area contributed by atoms with Gasteiger partial charge in [0.1, 0.15) is 0 Å². The standard InChI is InChI=1S/C55H42BrN/c1-53(2)45-22-9-5-18-39(45)43-30-28-37(33-50(43)53)57(38-29-31-44-40-19-6-10-23-46(40)54(3,4)51(44)34-38)36-17-15-16-35(32-36)55(49-26-13-14-27-52(49)56)47-24-11-7-20-41(47)42-21-8-12-25-48(42)55/h5-34H,1-4H3. The summed E-state index contributed by atoms with van der Waals surface area (Å²) >= 11 is 4.06. The third-order valence-electron chi connectivity index (χ3n) is 13.4. The highest BCUT2D eigenvalue weighted by molar-refractivity contribution is 9.10. The smallest absolute Gasteiger partial charge is 0.0725 e. The van der Waals surface area contributed by atoms with Gasteiger partial charge in [0.15, 0.2) is 0 Å². The molecule has 0 heterocycles. The summed E-state index contributed by atoms with van der Waals surface area (Å²) in [5.74, 6) is 0. The molecule has 0 bridgehead atoms. The zero-order valence-electron chi connectivity index (χ0n) is 32.6. The molecule has 8 aromatic rings. The highest BCUT2D eigenvalue weighted by Crippen LogP contribution is 2.58. The van der Waals surface area contributed by atoms with Crippen molar-refractivity contribution in [3.8, 4) is 33.4 Å². The molecule has 0 aromatic heterocycles. The Morgan fingerprint density at radius 3 is 1.21 bits per heavy atom. The van der Waals surface area contributed by atoms with Crippen LogP contribution in [0.2, 0.25) is 0 Å². The Morgan fingerprint density at radius 2 is 0.719 bits per heavy atom. The summed E-state index contributed by atoms with van der Waals surface area (Å²) < 4.78 is 1.10. The van der Waals surface area contributed by atoms with Crippen molar-refractivity contribution in [2.75, 3.05) is 4.90 Å². The number of rotatable bonds is 5. The summed E-state index contributed by atoms with van der Waals surface area (Å²) in [6, 6.07) is 68.3. The Hall–Kier alpha value is -5.96. The maximum absolute atomic E-state index is 4.06. The fraction of sp³-hybridized carbons (Fsp3) is 0.127. The van der Waals surface area contributed by atoms with Crippen LogP contribution in [0.15, 0.2) is 186 Å². The molecule has 0 fully saturated rings. The molecule has 0 aliphatic heterocycles. The van der Waals surface area contributed by atoms with Gasteiger partial charge in [-0.15, -0.1) is 0 Å². The average Bonchev–Trinajstić information content (AvgIpc) is 3.76. The molecule has 274 valence electrons. The van der Waals surface area contributed by atoms with E-state index in [4.69, 9.17) is 0 Å². The second-order valence-electron chi connectivity index (χ2n) is 17.0. The minimum absolute atomic E-state index is 0.127. The first kappa shape index (κ1) is 34.3. The Morgan fingerprint density at radius 1 is 0.333 bits per heavy atom. The summed E-state index contributed by atoms with van der Waals surface area (Å²) in [5.41, 5.74) is 21.1. The van der Waals surface area contributed by atoms with Crippen LogP contribution in [0.1, 0.15) is 72.2 Å². The van der Waals surface area contributed by atoms with Crippen molar-refractivity contribution >= 4 is 33.0 Å². The van der Waals surface area contributed by atoms with Gasteiger partial charge in [0.25, 0.3) is 0 Å². The van der Waals surface area contributed by atoms with Gasteiger partial charge in [-0.2, -0.15) is 0 Å². The van der Waals surface area contributed by atoms with E-state index in [2.05, 4.69) is 231 Å². The third kappa shape index (κ3) is 4.68. The minimum atomic E-state index is -0.544. The van der Waals surface area contributed by atoms with E-state index in [1.54, 1.807) is 0 Å². The molecule has 11 rings (SSSR count). The summed E-state index contributed by atoms with van der Waals surface area (Å²) in [6.07, 6.45) is 0. The summed E-state index contributed by atoms with van der Waals surface area (Å²) in [5, 5.41) is 0. The lowest BCUT2D eigenvalue weighted by Gasteiger charge is -2.36. The van der Waals surface area contributed by atoms with Crippen molar-refractivity contribution in [2.45, 2.75) is 43.9 Å². The molecular formula is C55H42BrN. The summed E-state index contributed by atoms with van der Waals surface area (Å²) in [7, 11) is 0. The van der Waals surface area contributed by atoms with Gasteiger partial charge in [-0.05, 0) is 120 Å². The second kappa shape index (κ2) is 12.3. The van der Waals surface area contributed by atoms with Crippen LogP contribution in [0.25, 0.3) is 33.4 Å². The van der Waals surface area contributed by atoms with Crippen LogP contribution in [-0.2, 0) is 16.2 Å². The highest BCUT2D eigenvalue weighted by atomic mass is 79.9. The third-order valence-corrected chi connectivity index (χ3v) is 14.1. The van der Waals surface area contributed by atoms with E-state index in [0.717, 1.165) is 21.5 Å². The van der Waals surface area contributed by atoms with Crippen molar-refractivity contribution in [3.63, 3.8) is 0 Å². The highest BCUT2D eigenvalue weighted by Gasteiger charge is 2.47. The Labute approximate surface area is 344 Å². The molecule has 0 spiro atoms. The number of nitrogens with zero attached hydrogens (tertiary/aromatic N) is 1. The average molecular weight is 797 g/mol. The van der Waals surface area contributed by atoms with Crippen LogP contribution in [0.5, 0.6) is 0 Å². The van der Waals surface area contributed by atoms with E-state index in [9.17, 15) is 0 Å². The van der Waals surface area contributed by atoms with E-state index in [-0.39, 0.29) is 10.8 Å². The molecule has 1 nitrogen and oxygen atoms in total. The number of anilines is 3. The lowest BCUT2D eigenvalue weighted by Crippen LogP contribution is -2.29. The predicted molar refractivity (Wildman–Crippen MR) is 241 cm³/mol. The molecule has 0 N–H and O–H groups in total. The second-order valence-corrected chi connectivity index (χ2v) is 17.9. The van der Waals surface area contributed by atoms with E-state index in [1.165, 1.54) is 77.9 Å². The number of halogens is 1. The molecule has 0 saturated heterocycles. The first-order chi connectivity index (χ1) is 27.7. The first-order valence-electron chi connectivity index (χ1n) is 20.0. The van der Waals surface area contributed by atoms with Gasteiger partial charge < -0.3 is 4.90 Å². The lowest BCUT2D eigenvalue weighted by atomic mass is 9.67. The molecule has 8 aromatic carbocycles. The predicted octanol–water partition coefficient (Wildman–Crippen LogP) is 14.9. The number of fused-ring (bicyclic) bond motifs is 9. The van der Waals surface area contributed by atoms with Crippen LogP contribution < -0.4 is 4.90 Å². The Balaban J connectivity index is 1.17. The van der Waals surface area contributed by atoms with E-state index in [0.29, 0.717) is 0 Å². The van der Waals surface area contributed by atoms with Gasteiger partial charge in [-0.3, -0.25) is 0 Å². The fourth-order valence-electron chi connectivity index (χ4n) is 10.7.